The minimum atomic E-state index is 1.09. The first-order valence-corrected chi connectivity index (χ1v) is 41.6. The monoisotopic (exact) mass is 1310 g/mol. The van der Waals surface area contributed by atoms with E-state index in [4.69, 9.17) is 0 Å². The molecule has 0 aromatic carbocycles. The van der Waals surface area contributed by atoms with Crippen LogP contribution in [0.1, 0.15) is 362 Å². The van der Waals surface area contributed by atoms with Crippen molar-refractivity contribution >= 4 is 104 Å². The summed E-state index contributed by atoms with van der Waals surface area (Å²) in [6, 6.07) is 0. The molecular formula is C84H114S6. The van der Waals surface area contributed by atoms with Crippen LogP contribution in [-0.2, 0) is 77.0 Å². The van der Waals surface area contributed by atoms with Gasteiger partial charge in [0.25, 0.3) is 0 Å². The van der Waals surface area contributed by atoms with E-state index in [0.29, 0.717) is 0 Å². The van der Waals surface area contributed by atoms with Crippen molar-refractivity contribution in [2.45, 2.75) is 314 Å². The van der Waals surface area contributed by atoms with Crippen molar-refractivity contribution in [2.75, 3.05) is 0 Å². The lowest BCUT2D eigenvalue weighted by molar-refractivity contribution is 0.760. The Hall–Kier alpha value is -3.90. The fraction of sp³-hybridized carbons (Fsp3) is 0.571. The van der Waals surface area contributed by atoms with Crippen LogP contribution in [0.2, 0.25) is 0 Å². The van der Waals surface area contributed by atoms with E-state index in [1.807, 2.05) is 68.0 Å². The minimum Gasteiger partial charge on any atom is -0.127 e. The predicted octanol–water partition coefficient (Wildman–Crippen LogP) is 27.2. The molecule has 6 heteroatoms. The van der Waals surface area contributed by atoms with Gasteiger partial charge < -0.3 is 0 Å². The Morgan fingerprint density at radius 3 is 0.400 bits per heavy atom. The lowest BCUT2D eigenvalue weighted by Gasteiger charge is -2.07. The van der Waals surface area contributed by atoms with Crippen LogP contribution in [-0.4, -0.2) is 0 Å². The molecule has 0 spiro atoms. The second-order valence-electron chi connectivity index (χ2n) is 25.5. The van der Waals surface area contributed by atoms with Crippen molar-refractivity contribution in [2.24, 2.45) is 0 Å². The van der Waals surface area contributed by atoms with Gasteiger partial charge in [-0.25, -0.2) is 0 Å². The van der Waals surface area contributed by atoms with E-state index in [-0.39, 0.29) is 0 Å². The van der Waals surface area contributed by atoms with Gasteiger partial charge in [-0.05, 0) is 293 Å². The smallest absolute Gasteiger partial charge is 0.0813 e. The van der Waals surface area contributed by atoms with Gasteiger partial charge in [0.2, 0.25) is 0 Å². The van der Waals surface area contributed by atoms with Gasteiger partial charge in [0.15, 0.2) is 0 Å². The van der Waals surface area contributed by atoms with E-state index >= 15 is 0 Å². The Bertz CT molecular complexity index is 2880. The fourth-order valence-corrected chi connectivity index (χ4v) is 19.7. The van der Waals surface area contributed by atoms with Crippen LogP contribution < -0.4 is 0 Å². The molecule has 1 aliphatic rings. The molecule has 7 heterocycles. The van der Waals surface area contributed by atoms with Gasteiger partial charge in [-0.3, -0.25) is 0 Å². The minimum absolute atomic E-state index is 1.09. The zero-order chi connectivity index (χ0) is 64.0. The summed E-state index contributed by atoms with van der Waals surface area (Å²) in [5, 5.41) is 0. The zero-order valence-corrected chi connectivity index (χ0v) is 63.3. The van der Waals surface area contributed by atoms with E-state index in [2.05, 4.69) is 155 Å². The summed E-state index contributed by atoms with van der Waals surface area (Å²) < 4.78 is 0. The largest absolute Gasteiger partial charge is 0.127 e. The Morgan fingerprint density at radius 1 is 0.178 bits per heavy atom. The Kier molecular flexibility index (Phi) is 33.0. The molecule has 0 aliphatic carbocycles. The van der Waals surface area contributed by atoms with Crippen molar-refractivity contribution in [1.29, 1.82) is 0 Å². The maximum absolute atomic E-state index is 4.02. The average Bonchev–Trinajstić information content (AvgIpc) is 1.88. The quantitative estimate of drug-likeness (QED) is 0.0344. The maximum Gasteiger partial charge on any atom is 0.0813 e. The van der Waals surface area contributed by atoms with E-state index < -0.39 is 0 Å². The molecule has 1 aliphatic heterocycles. The summed E-state index contributed by atoms with van der Waals surface area (Å²) in [4.78, 5) is 16.3. The van der Waals surface area contributed by atoms with Gasteiger partial charge in [-0.1, -0.05) is 160 Å². The van der Waals surface area contributed by atoms with Crippen LogP contribution in [0.5, 0.6) is 0 Å². The van der Waals surface area contributed by atoms with E-state index in [0.717, 1.165) is 77.0 Å². The van der Waals surface area contributed by atoms with E-state index in [1.54, 1.807) is 33.4 Å². The zero-order valence-electron chi connectivity index (χ0n) is 58.4. The molecule has 0 saturated carbocycles. The molecule has 0 N–H and O–H groups in total. The van der Waals surface area contributed by atoms with Gasteiger partial charge in [-0.2, -0.15) is 0 Å². The Labute approximate surface area is 574 Å². The molecule has 0 unspecified atom stereocenters. The van der Waals surface area contributed by atoms with Gasteiger partial charge in [0.1, 0.15) is 0 Å². The third kappa shape index (κ3) is 20.1. The number of thiophene rings is 6. The van der Waals surface area contributed by atoms with Crippen LogP contribution in [0.25, 0.3) is 36.5 Å². The van der Waals surface area contributed by atoms with Crippen molar-refractivity contribution < 1.29 is 0 Å². The lowest BCUT2D eigenvalue weighted by atomic mass is 9.96. The van der Waals surface area contributed by atoms with Crippen LogP contribution in [0.4, 0.5) is 0 Å². The molecule has 0 nitrogen and oxygen atoms in total. The second-order valence-corrected chi connectivity index (χ2v) is 31.8. The second kappa shape index (κ2) is 40.4. The van der Waals surface area contributed by atoms with Crippen LogP contribution in [0.15, 0.2) is 0 Å². The van der Waals surface area contributed by atoms with Crippen molar-refractivity contribution in [3.63, 3.8) is 0 Å². The van der Waals surface area contributed by atoms with E-state index in [9.17, 15) is 0 Å². The van der Waals surface area contributed by atoms with Crippen molar-refractivity contribution in [1.82, 2.24) is 0 Å². The molecular weight excluding hydrogens is 1200 g/mol. The van der Waals surface area contributed by atoms with Crippen LogP contribution >= 0.6 is 68.0 Å². The summed E-state index contributed by atoms with van der Waals surface area (Å²) in [6.07, 6.45) is 56.9. The van der Waals surface area contributed by atoms with Crippen molar-refractivity contribution in [3.8, 4) is 35.5 Å². The summed E-state index contributed by atoms with van der Waals surface area (Å²) in [5.41, 5.74) is 18.5. The highest BCUT2D eigenvalue weighted by atomic mass is 32.1. The number of fused-ring (bicyclic) bond motifs is 12. The van der Waals surface area contributed by atoms with Crippen LogP contribution in [0, 0.1) is 35.5 Å². The third-order valence-corrected chi connectivity index (χ3v) is 25.2. The molecule has 7 rings (SSSR count). The number of rotatable bonds is 36. The average molecular weight is 1320 g/mol. The highest BCUT2D eigenvalue weighted by molar-refractivity contribution is 7.16. The highest BCUT2D eigenvalue weighted by Gasteiger charge is 2.24. The Balaban J connectivity index is 1.58. The lowest BCUT2D eigenvalue weighted by Crippen LogP contribution is -1.96. The summed E-state index contributed by atoms with van der Waals surface area (Å²) in [5.74, 6) is 24.1. The van der Waals surface area contributed by atoms with Gasteiger partial charge in [-0.15, -0.1) is 68.0 Å². The summed E-state index contributed by atoms with van der Waals surface area (Å²) >= 11 is 11.9. The standard InChI is InChI=1S/C84H114S6/c1-13-25-37-61-62(38-26-14-2)74-51-52-76-65(41-29-17-5)66(42-30-18-6)78(87-76)55-56-80-69(45-33-21-9)70(46-34-22-10)82(89-80)59-60-84-72(48-36-24-12)71(47-35-23-11)83(90-84)58-57-81-68(44-32-20-8)67(43-31-19-7)79(88-81)54-53-77-64(40-28-16-4)63(39-27-15-3)75(86-77)50-49-73(61)85-74/h49-50,55-58H,13-48H2,1-12H3/b50-49-,56-55-,58-57-,73-49?,75-50?,78-55?,80-56?,81-57?,83-58?. The maximum atomic E-state index is 4.02. The molecule has 6 aromatic heterocycles. The molecule has 90 heavy (non-hydrogen) atoms. The van der Waals surface area contributed by atoms with E-state index in [1.165, 1.54) is 246 Å². The highest BCUT2D eigenvalue weighted by Crippen LogP contribution is 2.42. The molecule has 0 amide bonds. The molecule has 0 radical (unpaired) electrons. The third-order valence-electron chi connectivity index (χ3n) is 18.3. The molecule has 6 aromatic rings. The first-order chi connectivity index (χ1) is 44.2. The summed E-state index contributed by atoms with van der Waals surface area (Å²) in [6.45, 7) is 28.3. The SMILES string of the molecule is CCCCc1c2sc(c1CCCC)/C=C\c1sc(c(CCCC)c1CCCC)C#Cc1sc(c(CCCC)c1CCCC)/C=C\c1sc(c(CCCC)c1CCCC)C#Cc1sc(c(CCCC)c1CCCC)/C=C\c1sc(c(CCCC)c1CCCC)C#C2. The van der Waals surface area contributed by atoms with Gasteiger partial charge in [0, 0.05) is 29.3 Å². The topological polar surface area (TPSA) is 0 Å². The van der Waals surface area contributed by atoms with Gasteiger partial charge >= 0.3 is 0 Å². The first-order valence-electron chi connectivity index (χ1n) is 36.7. The molecule has 0 atom stereocenters. The molecule has 0 fully saturated rings. The fourth-order valence-electron chi connectivity index (χ4n) is 12.8. The van der Waals surface area contributed by atoms with Crippen molar-refractivity contribution in [3.05, 3.63) is 125 Å². The normalized spacial score (nSPS) is 13.2. The summed E-state index contributed by atoms with van der Waals surface area (Å²) in [7, 11) is 0. The number of hydrogen-bond acceptors (Lipinski definition) is 6. The Morgan fingerprint density at radius 2 is 0.289 bits per heavy atom. The number of hydrogen-bond donors (Lipinski definition) is 0. The molecule has 486 valence electrons. The number of unbranched alkanes of at least 4 members (excludes halogenated alkanes) is 12. The molecule has 0 saturated heterocycles. The first kappa shape index (κ1) is 73.5. The van der Waals surface area contributed by atoms with Gasteiger partial charge in [0.05, 0.1) is 29.3 Å². The predicted molar refractivity (Wildman–Crippen MR) is 414 cm³/mol. The molecule has 12 bridgehead atoms. The van der Waals surface area contributed by atoms with Crippen LogP contribution in [0.3, 0.4) is 0 Å².